The summed E-state index contributed by atoms with van der Waals surface area (Å²) in [6.07, 6.45) is 4.29. The third kappa shape index (κ3) is 3.33. The first-order valence-electron chi connectivity index (χ1n) is 5.11. The minimum atomic E-state index is -0.434. The van der Waals surface area contributed by atoms with Crippen molar-refractivity contribution in [3.63, 3.8) is 0 Å². The maximum Gasteiger partial charge on any atom is 0.279 e. The molecule has 2 amide bonds. The second-order valence-corrected chi connectivity index (χ2v) is 4.22. The van der Waals surface area contributed by atoms with E-state index in [9.17, 15) is 9.59 Å². The van der Waals surface area contributed by atoms with E-state index in [4.69, 9.17) is 4.42 Å². The first-order chi connectivity index (χ1) is 8.75. The monoisotopic (exact) mass is 262 g/mol. The molecule has 0 aliphatic carbocycles. The summed E-state index contributed by atoms with van der Waals surface area (Å²) in [6.45, 7) is 0. The van der Waals surface area contributed by atoms with E-state index in [0.717, 1.165) is 0 Å². The molecule has 2 aromatic heterocycles. The van der Waals surface area contributed by atoms with Gasteiger partial charge in [-0.15, -0.1) is 11.3 Å². The van der Waals surface area contributed by atoms with Crippen molar-refractivity contribution in [2.24, 2.45) is 0 Å². The average molecular weight is 262 g/mol. The van der Waals surface area contributed by atoms with E-state index in [0.29, 0.717) is 10.6 Å². The van der Waals surface area contributed by atoms with Crippen LogP contribution in [0.2, 0.25) is 0 Å². The highest BCUT2D eigenvalue weighted by Gasteiger charge is 2.06. The highest BCUT2D eigenvalue weighted by atomic mass is 32.1. The lowest BCUT2D eigenvalue weighted by Crippen LogP contribution is -2.40. The molecule has 92 valence electrons. The minimum Gasteiger partial charge on any atom is -0.465 e. The normalized spacial score (nSPS) is 10.4. The number of carbonyl (C=O) groups excluding carboxylic acids is 2. The number of nitrogens with one attached hydrogen (secondary N) is 2. The Balaban J connectivity index is 1.80. The van der Waals surface area contributed by atoms with Crippen LogP contribution in [0.3, 0.4) is 0 Å². The fourth-order valence-electron chi connectivity index (χ4n) is 1.17. The molecule has 2 N–H and O–H groups in total. The summed E-state index contributed by atoms with van der Waals surface area (Å²) < 4.78 is 5.02. The van der Waals surface area contributed by atoms with E-state index < -0.39 is 5.91 Å². The largest absolute Gasteiger partial charge is 0.465 e. The molecule has 6 heteroatoms. The van der Waals surface area contributed by atoms with Crippen molar-refractivity contribution >= 4 is 29.2 Å². The number of hydrogen-bond acceptors (Lipinski definition) is 4. The van der Waals surface area contributed by atoms with Crippen molar-refractivity contribution < 1.29 is 14.0 Å². The second kappa shape index (κ2) is 5.83. The molecule has 18 heavy (non-hydrogen) atoms. The van der Waals surface area contributed by atoms with E-state index in [-0.39, 0.29) is 5.91 Å². The molecule has 2 rings (SSSR count). The summed E-state index contributed by atoms with van der Waals surface area (Å²) in [6, 6.07) is 6.87. The summed E-state index contributed by atoms with van der Waals surface area (Å²) in [5.74, 6) is -0.212. The Bertz CT molecular complexity index is 544. The SMILES string of the molecule is O=C(/C=C\c1ccco1)NNC(=O)c1cccs1. The van der Waals surface area contributed by atoms with Gasteiger partial charge in [0, 0.05) is 6.08 Å². The molecule has 0 aliphatic heterocycles. The highest BCUT2D eigenvalue weighted by molar-refractivity contribution is 7.12. The van der Waals surface area contributed by atoms with Crippen LogP contribution in [0.1, 0.15) is 15.4 Å². The van der Waals surface area contributed by atoms with Gasteiger partial charge in [-0.05, 0) is 29.7 Å². The van der Waals surface area contributed by atoms with Gasteiger partial charge in [0.25, 0.3) is 11.8 Å². The Labute approximate surface area is 107 Å². The molecular formula is C12H10N2O3S. The molecule has 0 atom stereocenters. The van der Waals surface area contributed by atoms with Crippen molar-refractivity contribution in [1.29, 1.82) is 0 Å². The van der Waals surface area contributed by atoms with E-state index in [1.54, 1.807) is 29.6 Å². The van der Waals surface area contributed by atoms with Gasteiger partial charge < -0.3 is 4.42 Å². The van der Waals surface area contributed by atoms with Gasteiger partial charge in [-0.3, -0.25) is 20.4 Å². The average Bonchev–Trinajstić information content (AvgIpc) is 3.05. The van der Waals surface area contributed by atoms with Gasteiger partial charge >= 0.3 is 0 Å². The number of furan rings is 1. The zero-order valence-corrected chi connectivity index (χ0v) is 10.1. The van der Waals surface area contributed by atoms with Crippen LogP contribution in [0.15, 0.2) is 46.4 Å². The highest BCUT2D eigenvalue weighted by Crippen LogP contribution is 2.07. The number of carbonyl (C=O) groups is 2. The molecule has 0 saturated carbocycles. The Kier molecular flexibility index (Phi) is 3.93. The summed E-state index contributed by atoms with van der Waals surface area (Å²) >= 11 is 1.30. The molecule has 0 aromatic carbocycles. The van der Waals surface area contributed by atoms with Gasteiger partial charge in [-0.1, -0.05) is 6.07 Å². The topological polar surface area (TPSA) is 71.3 Å². The van der Waals surface area contributed by atoms with Gasteiger partial charge in [0.05, 0.1) is 11.1 Å². The quantitative estimate of drug-likeness (QED) is 0.654. The summed E-state index contributed by atoms with van der Waals surface area (Å²) in [5, 5.41) is 1.79. The lowest BCUT2D eigenvalue weighted by molar-refractivity contribution is -0.117. The maximum atomic E-state index is 11.5. The van der Waals surface area contributed by atoms with Crippen molar-refractivity contribution in [1.82, 2.24) is 10.9 Å². The van der Waals surface area contributed by atoms with E-state index in [1.807, 2.05) is 0 Å². The predicted molar refractivity (Wildman–Crippen MR) is 67.7 cm³/mol. The molecule has 5 nitrogen and oxygen atoms in total. The maximum absolute atomic E-state index is 11.5. The van der Waals surface area contributed by atoms with Crippen LogP contribution in [0.5, 0.6) is 0 Å². The molecule has 0 saturated heterocycles. The standard InChI is InChI=1S/C12H10N2O3S/c15-11(6-5-9-3-1-7-17-9)13-14-12(16)10-4-2-8-18-10/h1-8H,(H,13,15)(H,14,16)/b6-5-. The third-order valence-corrected chi connectivity index (χ3v) is 2.85. The van der Waals surface area contributed by atoms with E-state index >= 15 is 0 Å². The van der Waals surface area contributed by atoms with Crippen molar-refractivity contribution in [3.8, 4) is 0 Å². The van der Waals surface area contributed by atoms with Crippen LogP contribution in [-0.4, -0.2) is 11.8 Å². The predicted octanol–water partition coefficient (Wildman–Crippen LogP) is 1.82. The van der Waals surface area contributed by atoms with Crippen LogP contribution in [0.4, 0.5) is 0 Å². The number of hydrazine groups is 1. The zero-order chi connectivity index (χ0) is 12.8. The molecule has 2 aromatic rings. The van der Waals surface area contributed by atoms with Gasteiger partial charge in [0.2, 0.25) is 0 Å². The fourth-order valence-corrected chi connectivity index (χ4v) is 1.79. The number of amides is 2. The van der Waals surface area contributed by atoms with Gasteiger partial charge in [-0.25, -0.2) is 0 Å². The smallest absolute Gasteiger partial charge is 0.279 e. The lowest BCUT2D eigenvalue weighted by Gasteiger charge is -2.02. The lowest BCUT2D eigenvalue weighted by atomic mass is 10.4. The second-order valence-electron chi connectivity index (χ2n) is 3.27. The molecule has 0 fully saturated rings. The Morgan fingerprint density at radius 1 is 1.22 bits per heavy atom. The Hall–Kier alpha value is -2.34. The van der Waals surface area contributed by atoms with Gasteiger partial charge in [-0.2, -0.15) is 0 Å². The summed E-state index contributed by atoms with van der Waals surface area (Å²) in [5.41, 5.74) is 4.58. The van der Waals surface area contributed by atoms with Crippen molar-refractivity contribution in [3.05, 3.63) is 52.6 Å². The zero-order valence-electron chi connectivity index (χ0n) is 9.25. The van der Waals surface area contributed by atoms with Crippen LogP contribution in [0, 0.1) is 0 Å². The summed E-state index contributed by atoms with van der Waals surface area (Å²) in [4.78, 5) is 23.4. The Morgan fingerprint density at radius 3 is 2.78 bits per heavy atom. The van der Waals surface area contributed by atoms with E-state index in [2.05, 4.69) is 10.9 Å². The number of hydrogen-bond donors (Lipinski definition) is 2. The first-order valence-corrected chi connectivity index (χ1v) is 5.99. The Morgan fingerprint density at radius 2 is 2.11 bits per heavy atom. The van der Waals surface area contributed by atoms with Crippen molar-refractivity contribution in [2.75, 3.05) is 0 Å². The first kappa shape index (κ1) is 12.1. The molecule has 2 heterocycles. The number of thiophene rings is 1. The molecule has 0 spiro atoms. The van der Waals surface area contributed by atoms with Crippen LogP contribution in [-0.2, 0) is 4.79 Å². The summed E-state index contributed by atoms with van der Waals surface area (Å²) in [7, 11) is 0. The van der Waals surface area contributed by atoms with Gasteiger partial charge in [0.1, 0.15) is 5.76 Å². The molecule has 0 aliphatic rings. The van der Waals surface area contributed by atoms with Crippen molar-refractivity contribution in [2.45, 2.75) is 0 Å². The van der Waals surface area contributed by atoms with Crippen LogP contribution < -0.4 is 10.9 Å². The molecule has 0 bridgehead atoms. The van der Waals surface area contributed by atoms with Crippen LogP contribution >= 0.6 is 11.3 Å². The molecular weight excluding hydrogens is 252 g/mol. The number of rotatable bonds is 3. The van der Waals surface area contributed by atoms with E-state index in [1.165, 1.54) is 29.8 Å². The minimum absolute atomic E-state index is 0.343. The van der Waals surface area contributed by atoms with Gasteiger partial charge in [0.15, 0.2) is 0 Å². The van der Waals surface area contributed by atoms with Crippen LogP contribution in [0.25, 0.3) is 6.08 Å². The third-order valence-electron chi connectivity index (χ3n) is 1.99. The fraction of sp³-hybridized carbons (Fsp3) is 0. The molecule has 0 unspecified atom stereocenters. The molecule has 0 radical (unpaired) electrons.